The molecule has 4 rings (SSSR count). The van der Waals surface area contributed by atoms with Gasteiger partial charge in [-0.3, -0.25) is 19.2 Å². The number of nitrogens with zero attached hydrogens (tertiary/aromatic N) is 3. The average Bonchev–Trinajstić information content (AvgIpc) is 3.34. The quantitative estimate of drug-likeness (QED) is 0.530. The van der Waals surface area contributed by atoms with E-state index in [-0.39, 0.29) is 41.7 Å². The molecule has 2 unspecified atom stereocenters. The molecule has 2 atom stereocenters. The van der Waals surface area contributed by atoms with Crippen molar-refractivity contribution in [2.24, 2.45) is 5.92 Å². The fourth-order valence-electron chi connectivity index (χ4n) is 5.08. The minimum atomic E-state index is -1.32. The molecule has 1 saturated heterocycles. The molecule has 0 bridgehead atoms. The summed E-state index contributed by atoms with van der Waals surface area (Å²) in [6, 6.07) is 7.21. The summed E-state index contributed by atoms with van der Waals surface area (Å²) in [6.07, 6.45) is 4.25. The van der Waals surface area contributed by atoms with Crippen LogP contribution in [0.3, 0.4) is 0 Å². The van der Waals surface area contributed by atoms with Gasteiger partial charge in [0, 0.05) is 30.9 Å². The number of hydrogen-bond donors (Lipinski definition) is 2. The van der Waals surface area contributed by atoms with Crippen LogP contribution in [0.25, 0.3) is 0 Å². The zero-order valence-corrected chi connectivity index (χ0v) is 20.9. The molecule has 0 radical (unpaired) electrons. The van der Waals surface area contributed by atoms with Gasteiger partial charge in [0.1, 0.15) is 11.0 Å². The highest BCUT2D eigenvalue weighted by Crippen LogP contribution is 2.29. The molecule has 37 heavy (non-hydrogen) atoms. The molecule has 11 heteroatoms. The zero-order chi connectivity index (χ0) is 26.5. The summed E-state index contributed by atoms with van der Waals surface area (Å²) in [7, 11) is 0. The van der Waals surface area contributed by atoms with E-state index in [1.807, 2.05) is 0 Å². The van der Waals surface area contributed by atoms with Crippen molar-refractivity contribution < 1.29 is 28.7 Å². The molecule has 196 valence electrons. The Morgan fingerprint density at radius 1 is 0.973 bits per heavy atom. The van der Waals surface area contributed by atoms with Crippen LogP contribution in [0, 0.1) is 11.7 Å². The molecule has 1 aliphatic carbocycles. The Labute approximate surface area is 218 Å². The Kier molecular flexibility index (Phi) is 8.38. The largest absolute Gasteiger partial charge is 0.481 e. The average molecular weight is 531 g/mol. The fraction of sp³-hybridized carbons (Fsp3) is 0.423. The second-order valence-corrected chi connectivity index (χ2v) is 9.75. The molecule has 2 aliphatic rings. The van der Waals surface area contributed by atoms with E-state index >= 15 is 0 Å². The van der Waals surface area contributed by atoms with Gasteiger partial charge in [-0.25, -0.2) is 9.37 Å². The Hall–Kier alpha value is -3.53. The third-order valence-electron chi connectivity index (χ3n) is 6.94. The molecule has 1 aromatic heterocycles. The number of pyridine rings is 1. The van der Waals surface area contributed by atoms with Crippen molar-refractivity contribution in [3.05, 3.63) is 64.7 Å². The maximum Gasteiger partial charge on any atom is 0.305 e. The van der Waals surface area contributed by atoms with E-state index in [0.717, 1.165) is 44.2 Å². The van der Waals surface area contributed by atoms with Gasteiger partial charge >= 0.3 is 5.97 Å². The van der Waals surface area contributed by atoms with E-state index in [2.05, 4.69) is 10.3 Å². The summed E-state index contributed by atoms with van der Waals surface area (Å²) in [5.74, 6) is -3.27. The van der Waals surface area contributed by atoms with Gasteiger partial charge in [-0.2, -0.15) is 0 Å². The highest BCUT2D eigenvalue weighted by atomic mass is 35.5. The number of hydrogen-bond acceptors (Lipinski definition) is 5. The number of aromatic nitrogens is 1. The molecule has 1 saturated carbocycles. The molecule has 3 amide bonds. The molecule has 2 heterocycles. The van der Waals surface area contributed by atoms with Crippen LogP contribution in [0.5, 0.6) is 0 Å². The number of carbonyl (C=O) groups is 4. The lowest BCUT2D eigenvalue weighted by atomic mass is 9.82. The molecule has 0 spiro atoms. The maximum atomic E-state index is 13.7. The van der Waals surface area contributed by atoms with Gasteiger partial charge in [0.25, 0.3) is 17.7 Å². The lowest BCUT2D eigenvalue weighted by Gasteiger charge is -2.34. The van der Waals surface area contributed by atoms with Crippen molar-refractivity contribution in [1.29, 1.82) is 0 Å². The van der Waals surface area contributed by atoms with Gasteiger partial charge in [0.05, 0.1) is 12.0 Å². The smallest absolute Gasteiger partial charge is 0.305 e. The number of carboxylic acids is 1. The van der Waals surface area contributed by atoms with Crippen molar-refractivity contribution in [2.75, 3.05) is 13.1 Å². The van der Waals surface area contributed by atoms with Gasteiger partial charge in [-0.05, 0) is 55.2 Å². The standard InChI is InChI=1S/C26H28ClFN4O5/c27-21-11-8-18(15-29-21)26(37)32-13-12-31(25(36)17-6-9-19(28)10-7-17)24(32)23(35)30-20(14-22(33)34)16-4-2-1-3-5-16/h6-11,15-16,20,24H,1-5,12-14H2,(H,30,35)(H,33,34). The minimum Gasteiger partial charge on any atom is -0.481 e. The monoisotopic (exact) mass is 530 g/mol. The van der Waals surface area contributed by atoms with Crippen molar-refractivity contribution in [1.82, 2.24) is 20.1 Å². The topological polar surface area (TPSA) is 120 Å². The van der Waals surface area contributed by atoms with E-state index in [1.54, 1.807) is 0 Å². The predicted molar refractivity (Wildman–Crippen MR) is 132 cm³/mol. The first-order valence-electron chi connectivity index (χ1n) is 12.3. The Balaban J connectivity index is 1.63. The van der Waals surface area contributed by atoms with Crippen molar-refractivity contribution in [3.8, 4) is 0 Å². The minimum absolute atomic E-state index is 0.0129. The third-order valence-corrected chi connectivity index (χ3v) is 7.16. The molecule has 1 aliphatic heterocycles. The fourth-order valence-corrected chi connectivity index (χ4v) is 5.19. The first-order valence-corrected chi connectivity index (χ1v) is 12.6. The van der Waals surface area contributed by atoms with Crippen molar-refractivity contribution in [3.63, 3.8) is 0 Å². The number of halogens is 2. The van der Waals surface area contributed by atoms with E-state index in [1.165, 1.54) is 40.3 Å². The second-order valence-electron chi connectivity index (χ2n) is 9.36. The molecular formula is C26H28ClFN4O5. The molecular weight excluding hydrogens is 503 g/mol. The zero-order valence-electron chi connectivity index (χ0n) is 20.1. The van der Waals surface area contributed by atoms with Crippen LogP contribution in [-0.2, 0) is 9.59 Å². The van der Waals surface area contributed by atoms with Gasteiger partial charge in [0.2, 0.25) is 0 Å². The first kappa shape index (κ1) is 26.5. The van der Waals surface area contributed by atoms with E-state index < -0.39 is 41.7 Å². The van der Waals surface area contributed by atoms with Gasteiger partial charge in [-0.15, -0.1) is 0 Å². The number of aliphatic carboxylic acids is 1. The van der Waals surface area contributed by atoms with Gasteiger partial charge < -0.3 is 20.2 Å². The summed E-state index contributed by atoms with van der Waals surface area (Å²) < 4.78 is 13.4. The van der Waals surface area contributed by atoms with Crippen LogP contribution in [0.1, 0.15) is 59.2 Å². The van der Waals surface area contributed by atoms with Crippen LogP contribution in [0.4, 0.5) is 4.39 Å². The van der Waals surface area contributed by atoms with Crippen LogP contribution in [0.2, 0.25) is 5.15 Å². The Morgan fingerprint density at radius 3 is 2.14 bits per heavy atom. The van der Waals surface area contributed by atoms with Crippen LogP contribution >= 0.6 is 11.6 Å². The summed E-state index contributed by atoms with van der Waals surface area (Å²) in [6.45, 7) is 0.133. The lowest BCUT2D eigenvalue weighted by molar-refractivity contribution is -0.138. The predicted octanol–water partition coefficient (Wildman–Crippen LogP) is 3.34. The Bertz CT molecular complexity index is 1090. The Morgan fingerprint density at radius 2 is 1.57 bits per heavy atom. The van der Waals surface area contributed by atoms with Gasteiger partial charge in [-0.1, -0.05) is 30.9 Å². The highest BCUT2D eigenvalue weighted by Gasteiger charge is 2.44. The molecule has 9 nitrogen and oxygen atoms in total. The van der Waals surface area contributed by atoms with Crippen molar-refractivity contribution in [2.45, 2.75) is 50.7 Å². The number of rotatable bonds is 7. The lowest BCUT2D eigenvalue weighted by Crippen LogP contribution is -2.57. The van der Waals surface area contributed by atoms with Crippen LogP contribution in [0.15, 0.2) is 42.6 Å². The normalized spacial score (nSPS) is 18.9. The first-order chi connectivity index (χ1) is 17.7. The maximum absolute atomic E-state index is 13.7. The summed E-state index contributed by atoms with van der Waals surface area (Å²) in [4.78, 5) is 58.5. The summed E-state index contributed by atoms with van der Waals surface area (Å²) >= 11 is 5.84. The van der Waals surface area contributed by atoms with Gasteiger partial charge in [0.15, 0.2) is 6.17 Å². The number of benzene rings is 1. The van der Waals surface area contributed by atoms with E-state index in [0.29, 0.717) is 0 Å². The number of nitrogens with one attached hydrogen (secondary N) is 1. The number of carbonyl (C=O) groups excluding carboxylic acids is 3. The molecule has 2 fully saturated rings. The summed E-state index contributed by atoms with van der Waals surface area (Å²) in [5, 5.41) is 12.5. The molecule has 2 aromatic rings. The van der Waals surface area contributed by atoms with Crippen molar-refractivity contribution >= 4 is 35.3 Å². The number of amides is 3. The van der Waals surface area contributed by atoms with Crippen LogP contribution < -0.4 is 5.32 Å². The van der Waals surface area contributed by atoms with E-state index in [9.17, 15) is 28.7 Å². The van der Waals surface area contributed by atoms with E-state index in [4.69, 9.17) is 11.6 Å². The molecule has 2 N–H and O–H groups in total. The number of carboxylic acid groups (broad SMARTS) is 1. The van der Waals surface area contributed by atoms with Crippen LogP contribution in [-0.4, -0.2) is 68.9 Å². The SMILES string of the molecule is O=C(O)CC(NC(=O)C1N(C(=O)c2ccc(F)cc2)CCN1C(=O)c1ccc(Cl)nc1)C1CCCCC1. The second kappa shape index (κ2) is 11.7. The third kappa shape index (κ3) is 6.25. The summed E-state index contributed by atoms with van der Waals surface area (Å²) in [5.41, 5.74) is 0.351. The molecule has 1 aromatic carbocycles. The highest BCUT2D eigenvalue weighted by molar-refractivity contribution is 6.29.